The molecule has 0 aromatic heterocycles. The first-order valence-electron chi connectivity index (χ1n) is 9.16. The van der Waals surface area contributed by atoms with Crippen LogP contribution in [0, 0.1) is 34.5 Å². The van der Waals surface area contributed by atoms with Crippen LogP contribution in [-0.4, -0.2) is 11.7 Å². The molecule has 4 fully saturated rings. The quantitative estimate of drug-likeness (QED) is 0.598. The van der Waals surface area contributed by atoms with E-state index in [2.05, 4.69) is 13.8 Å². The predicted octanol–water partition coefficient (Wildman–Crippen LogP) is 5.23. The first-order chi connectivity index (χ1) is 10.3. The number of carbonyl (C=O) groups is 1. The van der Waals surface area contributed by atoms with E-state index in [4.69, 9.17) is 0 Å². The van der Waals surface area contributed by atoms with Crippen molar-refractivity contribution in [3.8, 4) is 0 Å². The molecule has 4 saturated carbocycles. The largest absolute Gasteiger partial charge is 0.300 e. The molecule has 124 valence electrons. The molecule has 0 N–H and O–H groups in total. The van der Waals surface area contributed by atoms with Gasteiger partial charge in [0.2, 0.25) is 0 Å². The molecule has 4 aliphatic rings. The molecule has 4 aliphatic carbocycles. The molecule has 0 saturated heterocycles. The van der Waals surface area contributed by atoms with Crippen molar-refractivity contribution >= 4 is 5.78 Å². The van der Waals surface area contributed by atoms with Crippen LogP contribution >= 0.6 is 0 Å². The SMILES string of the molecule is C[C@]12CCC[C@@H]1[C@@H]1[C@@H](CC2)[C@@]2(C)CCC(=O)C[C@@H]2CC1(F)F. The minimum atomic E-state index is -2.57. The van der Waals surface area contributed by atoms with Crippen molar-refractivity contribution in [2.45, 2.75) is 77.6 Å². The fourth-order valence-electron chi connectivity index (χ4n) is 6.94. The Bertz CT molecular complexity index is 502. The highest BCUT2D eigenvalue weighted by Gasteiger charge is 2.66. The molecule has 0 heterocycles. The molecule has 0 aliphatic heterocycles. The van der Waals surface area contributed by atoms with E-state index in [-0.39, 0.29) is 40.8 Å². The second-order valence-electron chi connectivity index (χ2n) is 9.23. The average Bonchev–Trinajstić information content (AvgIpc) is 2.82. The van der Waals surface area contributed by atoms with Gasteiger partial charge in [0.15, 0.2) is 0 Å². The Morgan fingerprint density at radius 1 is 1.05 bits per heavy atom. The third-order valence-corrected chi connectivity index (χ3v) is 8.25. The molecule has 0 aromatic rings. The highest BCUT2D eigenvalue weighted by atomic mass is 19.3. The zero-order valence-electron chi connectivity index (χ0n) is 13.8. The van der Waals surface area contributed by atoms with Gasteiger partial charge in [0.1, 0.15) is 5.78 Å². The van der Waals surface area contributed by atoms with E-state index in [1.165, 1.54) is 0 Å². The lowest BCUT2D eigenvalue weighted by Gasteiger charge is -2.61. The second-order valence-corrected chi connectivity index (χ2v) is 9.23. The molecular weight excluding hydrogens is 282 g/mol. The molecule has 0 unspecified atom stereocenters. The standard InChI is InChI=1S/C19H28F2O/c1-17-7-3-4-14(17)16-15(6-8-17)18(2)9-5-13(22)10-12(18)11-19(16,20)21/h12,14-16H,3-11H2,1-2H3/t12-,14-,15-,16-,17-,18+/m1/s1. The maximum absolute atomic E-state index is 15.1. The van der Waals surface area contributed by atoms with E-state index < -0.39 is 11.8 Å². The van der Waals surface area contributed by atoms with Crippen molar-refractivity contribution in [3.63, 3.8) is 0 Å². The van der Waals surface area contributed by atoms with Crippen molar-refractivity contribution in [1.29, 1.82) is 0 Å². The smallest absolute Gasteiger partial charge is 0.251 e. The molecule has 0 aromatic carbocycles. The number of hydrogen-bond donors (Lipinski definition) is 0. The summed E-state index contributed by atoms with van der Waals surface area (Å²) in [5, 5.41) is 0. The van der Waals surface area contributed by atoms with Crippen molar-refractivity contribution in [3.05, 3.63) is 0 Å². The molecule has 4 rings (SSSR count). The fraction of sp³-hybridized carbons (Fsp3) is 0.947. The number of hydrogen-bond acceptors (Lipinski definition) is 1. The van der Waals surface area contributed by atoms with E-state index in [0.717, 1.165) is 38.5 Å². The van der Waals surface area contributed by atoms with Gasteiger partial charge in [0.05, 0.1) is 0 Å². The van der Waals surface area contributed by atoms with Crippen LogP contribution in [0.5, 0.6) is 0 Å². The monoisotopic (exact) mass is 310 g/mol. The van der Waals surface area contributed by atoms with Crippen LogP contribution in [-0.2, 0) is 4.79 Å². The molecule has 1 nitrogen and oxygen atoms in total. The van der Waals surface area contributed by atoms with Gasteiger partial charge in [0, 0.05) is 25.2 Å². The lowest BCUT2D eigenvalue weighted by Crippen LogP contribution is -2.60. The Morgan fingerprint density at radius 3 is 2.59 bits per heavy atom. The minimum Gasteiger partial charge on any atom is -0.300 e. The summed E-state index contributed by atoms with van der Waals surface area (Å²) in [7, 11) is 0. The average molecular weight is 310 g/mol. The Balaban J connectivity index is 1.74. The second kappa shape index (κ2) is 4.54. The van der Waals surface area contributed by atoms with E-state index in [1.54, 1.807) is 0 Å². The van der Waals surface area contributed by atoms with E-state index >= 15 is 8.78 Å². The number of carbonyl (C=O) groups excluding carboxylic acids is 1. The first kappa shape index (κ1) is 15.1. The summed E-state index contributed by atoms with van der Waals surface area (Å²) in [6.45, 7) is 4.49. The van der Waals surface area contributed by atoms with Gasteiger partial charge < -0.3 is 0 Å². The van der Waals surface area contributed by atoms with Crippen LogP contribution in [0.15, 0.2) is 0 Å². The highest BCUT2D eigenvalue weighted by molar-refractivity contribution is 5.79. The normalized spacial score (nSPS) is 53.5. The number of ketones is 1. The number of fused-ring (bicyclic) bond motifs is 5. The zero-order chi connectivity index (χ0) is 15.8. The third kappa shape index (κ3) is 1.89. The van der Waals surface area contributed by atoms with Crippen molar-refractivity contribution < 1.29 is 13.6 Å². The van der Waals surface area contributed by atoms with Gasteiger partial charge in [-0.3, -0.25) is 4.79 Å². The lowest BCUT2D eigenvalue weighted by molar-refractivity contribution is -0.227. The van der Waals surface area contributed by atoms with E-state index in [9.17, 15) is 4.79 Å². The van der Waals surface area contributed by atoms with Gasteiger partial charge >= 0.3 is 0 Å². The van der Waals surface area contributed by atoms with Crippen molar-refractivity contribution in [1.82, 2.24) is 0 Å². The predicted molar refractivity (Wildman–Crippen MR) is 81.7 cm³/mol. The molecular formula is C19H28F2O. The minimum absolute atomic E-state index is 0.0236. The first-order valence-corrected chi connectivity index (χ1v) is 9.16. The molecule has 3 heteroatoms. The summed E-state index contributed by atoms with van der Waals surface area (Å²) < 4.78 is 30.2. The Kier molecular flexibility index (Phi) is 3.11. The van der Waals surface area contributed by atoms with Gasteiger partial charge in [-0.05, 0) is 60.7 Å². The molecule has 0 bridgehead atoms. The molecule has 0 amide bonds. The molecule has 0 radical (unpaired) electrons. The lowest BCUT2D eigenvalue weighted by atomic mass is 9.44. The summed E-state index contributed by atoms with van der Waals surface area (Å²) in [5.41, 5.74) is 0.127. The van der Waals surface area contributed by atoms with Gasteiger partial charge in [-0.2, -0.15) is 0 Å². The Labute approximate surface area is 132 Å². The van der Waals surface area contributed by atoms with Crippen molar-refractivity contribution in [2.75, 3.05) is 0 Å². The van der Waals surface area contributed by atoms with Crippen LogP contribution in [0.3, 0.4) is 0 Å². The van der Waals surface area contributed by atoms with E-state index in [1.807, 2.05) is 0 Å². The number of Topliss-reactive ketones (excluding diaryl/α,β-unsaturated/α-hetero) is 1. The van der Waals surface area contributed by atoms with Crippen LogP contribution in [0.4, 0.5) is 8.78 Å². The molecule has 6 atom stereocenters. The number of rotatable bonds is 0. The number of alkyl halides is 2. The third-order valence-electron chi connectivity index (χ3n) is 8.25. The summed E-state index contributed by atoms with van der Waals surface area (Å²) in [5.74, 6) is -2.54. The van der Waals surface area contributed by atoms with Crippen LogP contribution in [0.1, 0.15) is 71.6 Å². The van der Waals surface area contributed by atoms with Gasteiger partial charge in [-0.15, -0.1) is 0 Å². The molecule has 0 spiro atoms. The van der Waals surface area contributed by atoms with Gasteiger partial charge in [-0.1, -0.05) is 20.3 Å². The van der Waals surface area contributed by atoms with Gasteiger partial charge in [0.25, 0.3) is 5.92 Å². The molecule has 22 heavy (non-hydrogen) atoms. The van der Waals surface area contributed by atoms with E-state index in [0.29, 0.717) is 12.8 Å². The van der Waals surface area contributed by atoms with Gasteiger partial charge in [-0.25, -0.2) is 8.78 Å². The van der Waals surface area contributed by atoms with Crippen LogP contribution in [0.25, 0.3) is 0 Å². The number of halogens is 2. The topological polar surface area (TPSA) is 17.1 Å². The Morgan fingerprint density at radius 2 is 1.82 bits per heavy atom. The fourth-order valence-corrected chi connectivity index (χ4v) is 6.94. The highest BCUT2D eigenvalue weighted by Crippen LogP contribution is 2.69. The maximum atomic E-state index is 15.1. The summed E-state index contributed by atoms with van der Waals surface area (Å²) >= 11 is 0. The summed E-state index contributed by atoms with van der Waals surface area (Å²) in [6, 6.07) is 0. The van der Waals surface area contributed by atoms with Crippen molar-refractivity contribution in [2.24, 2.45) is 34.5 Å². The zero-order valence-corrected chi connectivity index (χ0v) is 13.8. The summed E-state index contributed by atoms with van der Waals surface area (Å²) in [6.07, 6.45) is 7.14. The maximum Gasteiger partial charge on any atom is 0.251 e. The van der Waals surface area contributed by atoms with Crippen LogP contribution in [0.2, 0.25) is 0 Å². The summed E-state index contributed by atoms with van der Waals surface area (Å²) in [4.78, 5) is 11.8. The Hall–Kier alpha value is -0.470. The van der Waals surface area contributed by atoms with Crippen LogP contribution < -0.4 is 0 Å².